The number of carbonyl (C=O) groups is 2. The normalized spacial score (nSPS) is 35.3. The van der Waals surface area contributed by atoms with Gasteiger partial charge in [-0.05, 0) is 28.1 Å². The van der Waals surface area contributed by atoms with E-state index in [9.17, 15) is 9.59 Å². The smallest absolute Gasteiger partial charge is 0.240 e. The lowest BCUT2D eigenvalue weighted by Gasteiger charge is -2.18. The minimum absolute atomic E-state index is 0.154. The molecule has 1 aromatic carbocycles. The van der Waals surface area contributed by atoms with E-state index >= 15 is 0 Å². The van der Waals surface area contributed by atoms with Gasteiger partial charge in [-0.1, -0.05) is 24.3 Å². The van der Waals surface area contributed by atoms with Crippen LogP contribution < -0.4 is 4.90 Å². The Morgan fingerprint density at radius 1 is 1.00 bits per heavy atom. The molecule has 0 unspecified atom stereocenters. The Bertz CT molecular complexity index is 597. The van der Waals surface area contributed by atoms with E-state index in [-0.39, 0.29) is 35.9 Å². The minimum Gasteiger partial charge on any atom is -0.365 e. The van der Waals surface area contributed by atoms with Crippen LogP contribution in [0.1, 0.15) is 0 Å². The molecule has 0 spiro atoms. The number of para-hydroxylation sites is 1. The first-order valence-electron chi connectivity index (χ1n) is 6.14. The fraction of sp³-hybridized carbons (Fsp3) is 0.286. The van der Waals surface area contributed by atoms with Crippen LogP contribution in [0.4, 0.5) is 5.69 Å². The van der Waals surface area contributed by atoms with Crippen LogP contribution in [-0.2, 0) is 14.3 Å². The molecule has 2 bridgehead atoms. The van der Waals surface area contributed by atoms with Gasteiger partial charge in [0.1, 0.15) is 0 Å². The number of hydrogen-bond donors (Lipinski definition) is 0. The third-order valence-electron chi connectivity index (χ3n) is 4.00. The zero-order valence-electron chi connectivity index (χ0n) is 9.82. The van der Waals surface area contributed by atoms with Crippen LogP contribution >= 0.6 is 15.9 Å². The average Bonchev–Trinajstić information content (AvgIpc) is 3.06. The molecule has 3 aliphatic rings. The highest BCUT2D eigenvalue weighted by Crippen LogP contribution is 2.47. The summed E-state index contributed by atoms with van der Waals surface area (Å²) in [6.45, 7) is 0. The van der Waals surface area contributed by atoms with Crippen LogP contribution in [0.15, 0.2) is 40.9 Å². The van der Waals surface area contributed by atoms with Crippen molar-refractivity contribution < 1.29 is 14.3 Å². The summed E-state index contributed by atoms with van der Waals surface area (Å²) in [6, 6.07) is 7.27. The molecule has 19 heavy (non-hydrogen) atoms. The molecule has 4 atom stereocenters. The lowest BCUT2D eigenvalue weighted by Crippen LogP contribution is -2.34. The first-order valence-corrected chi connectivity index (χ1v) is 6.94. The molecule has 96 valence electrons. The van der Waals surface area contributed by atoms with Gasteiger partial charge in [0.05, 0.1) is 29.7 Å². The number of anilines is 1. The van der Waals surface area contributed by atoms with Gasteiger partial charge in [0.25, 0.3) is 0 Å². The fourth-order valence-corrected chi connectivity index (χ4v) is 3.64. The molecule has 4 nitrogen and oxygen atoms in total. The van der Waals surface area contributed by atoms with E-state index in [1.807, 2.05) is 30.4 Å². The summed E-state index contributed by atoms with van der Waals surface area (Å²) in [5.41, 5.74) is 0.617. The van der Waals surface area contributed by atoms with Crippen LogP contribution in [0.3, 0.4) is 0 Å². The summed E-state index contributed by atoms with van der Waals surface area (Å²) in [6.07, 6.45) is 3.30. The molecule has 5 heteroatoms. The topological polar surface area (TPSA) is 46.6 Å². The van der Waals surface area contributed by atoms with Crippen molar-refractivity contribution in [2.24, 2.45) is 11.8 Å². The van der Waals surface area contributed by atoms with Gasteiger partial charge in [0.15, 0.2) is 0 Å². The molecular formula is C14H10BrNO3. The second-order valence-electron chi connectivity index (χ2n) is 4.97. The van der Waals surface area contributed by atoms with Crippen molar-refractivity contribution in [3.05, 3.63) is 40.9 Å². The Hall–Kier alpha value is -1.46. The Labute approximate surface area is 118 Å². The Morgan fingerprint density at radius 3 is 2.16 bits per heavy atom. The number of rotatable bonds is 1. The van der Waals surface area contributed by atoms with Crippen molar-refractivity contribution in [2.45, 2.75) is 12.2 Å². The molecule has 0 saturated carbocycles. The maximum atomic E-state index is 12.5. The van der Waals surface area contributed by atoms with E-state index in [1.54, 1.807) is 6.07 Å². The largest absolute Gasteiger partial charge is 0.365 e. The van der Waals surface area contributed by atoms with E-state index in [0.29, 0.717) is 5.69 Å². The van der Waals surface area contributed by atoms with Crippen molar-refractivity contribution in [2.75, 3.05) is 4.90 Å². The molecule has 1 aromatic rings. The number of imide groups is 1. The zero-order chi connectivity index (χ0) is 13.1. The monoisotopic (exact) mass is 319 g/mol. The summed E-state index contributed by atoms with van der Waals surface area (Å²) < 4.78 is 6.35. The first kappa shape index (κ1) is 11.4. The van der Waals surface area contributed by atoms with Gasteiger partial charge in [-0.15, -0.1) is 0 Å². The van der Waals surface area contributed by atoms with E-state index < -0.39 is 0 Å². The molecule has 0 aliphatic carbocycles. The second-order valence-corrected chi connectivity index (χ2v) is 5.82. The predicted octanol–water partition coefficient (Wildman–Crippen LogP) is 1.89. The summed E-state index contributed by atoms with van der Waals surface area (Å²) in [5.74, 6) is -1.01. The van der Waals surface area contributed by atoms with Crippen molar-refractivity contribution in [3.63, 3.8) is 0 Å². The van der Waals surface area contributed by atoms with E-state index in [4.69, 9.17) is 4.74 Å². The number of benzene rings is 1. The molecule has 2 amide bonds. The van der Waals surface area contributed by atoms with Crippen LogP contribution in [0.2, 0.25) is 0 Å². The molecule has 0 radical (unpaired) electrons. The number of nitrogens with zero attached hydrogens (tertiary/aromatic N) is 1. The van der Waals surface area contributed by atoms with Gasteiger partial charge in [-0.2, -0.15) is 0 Å². The van der Waals surface area contributed by atoms with Crippen molar-refractivity contribution in [1.29, 1.82) is 0 Å². The number of hydrogen-bond acceptors (Lipinski definition) is 3. The highest BCUT2D eigenvalue weighted by Gasteiger charge is 2.61. The first-order chi connectivity index (χ1) is 9.18. The highest BCUT2D eigenvalue weighted by atomic mass is 79.9. The predicted molar refractivity (Wildman–Crippen MR) is 71.4 cm³/mol. The Balaban J connectivity index is 1.79. The molecule has 4 rings (SSSR count). The summed E-state index contributed by atoms with van der Waals surface area (Å²) in [5, 5.41) is 0. The van der Waals surface area contributed by atoms with Gasteiger partial charge in [0.2, 0.25) is 11.8 Å². The van der Waals surface area contributed by atoms with Crippen LogP contribution in [-0.4, -0.2) is 24.0 Å². The number of amides is 2. The number of carbonyl (C=O) groups excluding carboxylic acids is 2. The van der Waals surface area contributed by atoms with E-state index in [2.05, 4.69) is 15.9 Å². The summed E-state index contributed by atoms with van der Waals surface area (Å²) in [4.78, 5) is 26.3. The lowest BCUT2D eigenvalue weighted by molar-refractivity contribution is -0.124. The molecule has 0 N–H and O–H groups in total. The SMILES string of the molecule is O=C1[C@@H]2[C@H](C(=O)N1c1ccccc1Br)[C@H]1C=C[C@@H]2O1. The number of ether oxygens (including phenoxy) is 1. The van der Waals surface area contributed by atoms with E-state index in [0.717, 1.165) is 4.47 Å². The van der Waals surface area contributed by atoms with Gasteiger partial charge >= 0.3 is 0 Å². The number of fused-ring (bicyclic) bond motifs is 5. The minimum atomic E-state index is -0.352. The van der Waals surface area contributed by atoms with Gasteiger partial charge in [0, 0.05) is 4.47 Å². The maximum Gasteiger partial charge on any atom is 0.240 e. The quantitative estimate of drug-likeness (QED) is 0.586. The van der Waals surface area contributed by atoms with Crippen LogP contribution in [0, 0.1) is 11.8 Å². The zero-order valence-corrected chi connectivity index (χ0v) is 11.4. The van der Waals surface area contributed by atoms with Gasteiger partial charge in [-0.3, -0.25) is 9.59 Å². The van der Waals surface area contributed by atoms with Crippen molar-refractivity contribution in [3.8, 4) is 0 Å². The van der Waals surface area contributed by atoms with Crippen molar-refractivity contribution in [1.82, 2.24) is 0 Å². The molecule has 0 aromatic heterocycles. The second kappa shape index (κ2) is 3.77. The number of halogens is 1. The maximum absolute atomic E-state index is 12.5. The standard InChI is InChI=1S/C14H10BrNO3/c15-7-3-1-2-4-8(7)16-13(17)11-9-5-6-10(19-9)12(11)14(16)18/h1-6,9-12H/t9-,10+,11-,12+. The van der Waals surface area contributed by atoms with Crippen molar-refractivity contribution >= 4 is 33.4 Å². The highest BCUT2D eigenvalue weighted by molar-refractivity contribution is 9.10. The van der Waals surface area contributed by atoms with Gasteiger partial charge < -0.3 is 4.74 Å². The molecule has 3 aliphatic heterocycles. The third-order valence-corrected chi connectivity index (χ3v) is 4.67. The third kappa shape index (κ3) is 1.37. The summed E-state index contributed by atoms with van der Waals surface area (Å²) in [7, 11) is 0. The lowest BCUT2D eigenvalue weighted by atomic mass is 9.85. The molecular weight excluding hydrogens is 310 g/mol. The fourth-order valence-electron chi connectivity index (χ4n) is 3.17. The summed E-state index contributed by atoms with van der Waals surface area (Å²) >= 11 is 3.39. The Morgan fingerprint density at radius 2 is 1.58 bits per heavy atom. The molecule has 2 saturated heterocycles. The molecule has 3 heterocycles. The Kier molecular flexibility index (Phi) is 2.26. The van der Waals surface area contributed by atoms with Gasteiger partial charge in [-0.25, -0.2) is 4.90 Å². The van der Waals surface area contributed by atoms with E-state index in [1.165, 1.54) is 4.90 Å². The molecule has 2 fully saturated rings. The van der Waals surface area contributed by atoms with Crippen LogP contribution in [0.5, 0.6) is 0 Å². The van der Waals surface area contributed by atoms with Crippen LogP contribution in [0.25, 0.3) is 0 Å². The average molecular weight is 320 g/mol.